The second-order valence-corrected chi connectivity index (χ2v) is 7.85. The highest BCUT2D eigenvalue weighted by molar-refractivity contribution is 7.89. The summed E-state index contributed by atoms with van der Waals surface area (Å²) in [5, 5.41) is 6.58. The van der Waals surface area contributed by atoms with Gasteiger partial charge >= 0.3 is 0 Å². The van der Waals surface area contributed by atoms with Crippen LogP contribution in [0.1, 0.15) is 48.1 Å². The lowest BCUT2D eigenvalue weighted by molar-refractivity contribution is 0.102. The molecule has 0 spiro atoms. The zero-order chi connectivity index (χ0) is 19.5. The van der Waals surface area contributed by atoms with E-state index in [0.717, 1.165) is 0 Å². The van der Waals surface area contributed by atoms with Gasteiger partial charge in [0.2, 0.25) is 10.0 Å². The Balaban J connectivity index is 2.38. The molecule has 0 aliphatic heterocycles. The van der Waals surface area contributed by atoms with E-state index in [2.05, 4.69) is 10.5 Å². The second kappa shape index (κ2) is 8.01. The molecule has 1 heterocycles. The van der Waals surface area contributed by atoms with Gasteiger partial charge in [-0.25, -0.2) is 8.42 Å². The number of nitrogens with one attached hydrogen (secondary N) is 1. The molecule has 8 heteroatoms. The van der Waals surface area contributed by atoms with E-state index in [4.69, 9.17) is 4.52 Å². The number of hydrogen-bond donors (Lipinski definition) is 1. The fourth-order valence-corrected chi connectivity index (χ4v) is 4.51. The average molecular weight is 379 g/mol. The highest BCUT2D eigenvalue weighted by Gasteiger charge is 2.25. The van der Waals surface area contributed by atoms with E-state index < -0.39 is 10.0 Å². The van der Waals surface area contributed by atoms with Gasteiger partial charge in [-0.15, -0.1) is 0 Å². The first-order valence-electron chi connectivity index (χ1n) is 8.63. The Kier molecular flexibility index (Phi) is 6.20. The molecule has 7 nitrogen and oxygen atoms in total. The van der Waals surface area contributed by atoms with E-state index in [9.17, 15) is 13.2 Å². The Hall–Kier alpha value is -2.19. The highest BCUT2D eigenvalue weighted by atomic mass is 32.2. The summed E-state index contributed by atoms with van der Waals surface area (Å²) >= 11 is 0. The molecular weight excluding hydrogens is 354 g/mol. The van der Waals surface area contributed by atoms with Gasteiger partial charge < -0.3 is 9.84 Å². The van der Waals surface area contributed by atoms with Gasteiger partial charge in [0.25, 0.3) is 5.91 Å². The maximum atomic E-state index is 12.8. The minimum Gasteiger partial charge on any atom is -0.360 e. The molecule has 0 radical (unpaired) electrons. The molecule has 1 N–H and O–H groups in total. The second-order valence-electron chi connectivity index (χ2n) is 5.94. The van der Waals surface area contributed by atoms with Crippen LogP contribution in [0.25, 0.3) is 0 Å². The number of nitrogens with zero attached hydrogens (tertiary/aromatic N) is 2. The van der Waals surface area contributed by atoms with Crippen LogP contribution in [-0.2, 0) is 16.4 Å². The number of benzene rings is 1. The number of rotatable bonds is 7. The van der Waals surface area contributed by atoms with Gasteiger partial charge in [0.1, 0.15) is 11.3 Å². The van der Waals surface area contributed by atoms with Gasteiger partial charge in [0.15, 0.2) is 0 Å². The summed E-state index contributed by atoms with van der Waals surface area (Å²) in [6, 6.07) is 4.87. The Morgan fingerprint density at radius 1 is 1.19 bits per heavy atom. The molecule has 0 bridgehead atoms. The molecule has 2 aromatic rings. The topological polar surface area (TPSA) is 92.5 Å². The first-order chi connectivity index (χ1) is 12.3. The fourth-order valence-electron chi connectivity index (χ4n) is 2.80. The molecule has 0 unspecified atom stereocenters. The van der Waals surface area contributed by atoms with Crippen LogP contribution in [0.5, 0.6) is 0 Å². The third-order valence-corrected chi connectivity index (χ3v) is 6.44. The molecule has 1 aromatic heterocycles. The number of amides is 1. The van der Waals surface area contributed by atoms with Gasteiger partial charge in [-0.2, -0.15) is 4.31 Å². The lowest BCUT2D eigenvalue weighted by atomic mass is 10.1. The highest BCUT2D eigenvalue weighted by Crippen LogP contribution is 2.24. The molecular formula is C18H25N3O4S. The smallest absolute Gasteiger partial charge is 0.261 e. The van der Waals surface area contributed by atoms with Crippen LogP contribution < -0.4 is 5.32 Å². The summed E-state index contributed by atoms with van der Waals surface area (Å²) < 4.78 is 32.2. The van der Waals surface area contributed by atoms with Crippen molar-refractivity contribution in [3.63, 3.8) is 0 Å². The minimum atomic E-state index is -3.61. The quantitative estimate of drug-likeness (QED) is 0.798. The predicted octanol–water partition coefficient (Wildman–Crippen LogP) is 3.14. The van der Waals surface area contributed by atoms with Crippen LogP contribution in [0, 0.1) is 13.8 Å². The van der Waals surface area contributed by atoms with Crippen LogP contribution in [-0.4, -0.2) is 36.9 Å². The maximum Gasteiger partial charge on any atom is 0.261 e. The number of hydrogen-bond acceptors (Lipinski definition) is 5. The van der Waals surface area contributed by atoms with Gasteiger partial charge in [-0.05, 0) is 31.5 Å². The van der Waals surface area contributed by atoms with Crippen LogP contribution >= 0.6 is 0 Å². The number of anilines is 1. The standard InChI is InChI=1S/C18H25N3O4S/c1-6-15-17(13(5)20-25-15)18(22)19-14-10-9-12(4)16(11-14)26(23,24)21(7-2)8-3/h9-11H,6-8H2,1-5H3,(H,19,22). The van der Waals surface area contributed by atoms with Crippen molar-refractivity contribution in [2.75, 3.05) is 18.4 Å². The number of aromatic nitrogens is 1. The Morgan fingerprint density at radius 3 is 2.42 bits per heavy atom. The summed E-state index contributed by atoms with van der Waals surface area (Å²) in [7, 11) is -3.61. The summed E-state index contributed by atoms with van der Waals surface area (Å²) in [6.45, 7) is 9.66. The number of carbonyl (C=O) groups is 1. The Bertz CT molecular complexity index is 899. The van der Waals surface area contributed by atoms with E-state index in [0.29, 0.717) is 47.8 Å². The Morgan fingerprint density at radius 2 is 1.85 bits per heavy atom. The first-order valence-corrected chi connectivity index (χ1v) is 10.1. The van der Waals surface area contributed by atoms with Crippen molar-refractivity contribution in [1.82, 2.24) is 9.46 Å². The summed E-state index contributed by atoms with van der Waals surface area (Å²) in [4.78, 5) is 12.8. The summed E-state index contributed by atoms with van der Waals surface area (Å²) in [6.07, 6.45) is 0.541. The van der Waals surface area contributed by atoms with Crippen molar-refractivity contribution >= 4 is 21.6 Å². The molecule has 0 aliphatic carbocycles. The molecule has 1 aromatic carbocycles. The third kappa shape index (κ3) is 3.81. The SMILES string of the molecule is CCc1onc(C)c1C(=O)Nc1ccc(C)c(S(=O)(=O)N(CC)CC)c1. The van der Waals surface area contributed by atoms with E-state index in [-0.39, 0.29) is 10.8 Å². The van der Waals surface area contributed by atoms with E-state index in [1.165, 1.54) is 10.4 Å². The van der Waals surface area contributed by atoms with E-state index >= 15 is 0 Å². The van der Waals surface area contributed by atoms with Crippen molar-refractivity contribution in [2.24, 2.45) is 0 Å². The number of sulfonamides is 1. The zero-order valence-electron chi connectivity index (χ0n) is 15.8. The van der Waals surface area contributed by atoms with E-state index in [1.807, 2.05) is 6.92 Å². The van der Waals surface area contributed by atoms with Gasteiger partial charge in [-0.3, -0.25) is 4.79 Å². The summed E-state index contributed by atoms with van der Waals surface area (Å²) in [5.74, 6) is 0.138. The van der Waals surface area contributed by atoms with Crippen molar-refractivity contribution in [3.8, 4) is 0 Å². The molecule has 1 amide bonds. The lowest BCUT2D eigenvalue weighted by Gasteiger charge is -2.20. The van der Waals surface area contributed by atoms with Crippen LogP contribution in [0.15, 0.2) is 27.6 Å². The zero-order valence-corrected chi connectivity index (χ0v) is 16.6. The van der Waals surface area contributed by atoms with Crippen molar-refractivity contribution < 1.29 is 17.7 Å². The monoisotopic (exact) mass is 379 g/mol. The minimum absolute atomic E-state index is 0.191. The van der Waals surface area contributed by atoms with Gasteiger partial charge in [0, 0.05) is 25.2 Å². The van der Waals surface area contributed by atoms with Crippen LogP contribution in [0.4, 0.5) is 5.69 Å². The fraction of sp³-hybridized carbons (Fsp3) is 0.444. The predicted molar refractivity (Wildman–Crippen MR) is 99.9 cm³/mol. The van der Waals surface area contributed by atoms with Gasteiger partial charge in [0.05, 0.1) is 10.6 Å². The van der Waals surface area contributed by atoms with Crippen LogP contribution in [0.3, 0.4) is 0 Å². The first kappa shape index (κ1) is 20.1. The third-order valence-electron chi connectivity index (χ3n) is 4.25. The Labute approximate surface area is 154 Å². The largest absolute Gasteiger partial charge is 0.360 e. The maximum absolute atomic E-state index is 12.8. The normalized spacial score (nSPS) is 11.8. The number of carbonyl (C=O) groups excluding carboxylic acids is 1. The molecule has 0 atom stereocenters. The van der Waals surface area contributed by atoms with Crippen LogP contribution in [0.2, 0.25) is 0 Å². The molecule has 142 valence electrons. The average Bonchev–Trinajstić information content (AvgIpc) is 2.98. The molecule has 0 saturated heterocycles. The number of aryl methyl sites for hydroxylation is 3. The lowest BCUT2D eigenvalue weighted by Crippen LogP contribution is -2.31. The van der Waals surface area contributed by atoms with Crippen molar-refractivity contribution in [1.29, 1.82) is 0 Å². The molecule has 0 aliphatic rings. The van der Waals surface area contributed by atoms with Crippen molar-refractivity contribution in [3.05, 3.63) is 40.8 Å². The summed E-state index contributed by atoms with van der Waals surface area (Å²) in [5.41, 5.74) is 1.93. The molecule has 2 rings (SSSR count). The molecule has 0 saturated carbocycles. The van der Waals surface area contributed by atoms with E-state index in [1.54, 1.807) is 39.8 Å². The van der Waals surface area contributed by atoms with Crippen molar-refractivity contribution in [2.45, 2.75) is 45.9 Å². The van der Waals surface area contributed by atoms with Gasteiger partial charge in [-0.1, -0.05) is 32.0 Å². The molecule has 26 heavy (non-hydrogen) atoms. The molecule has 0 fully saturated rings.